The van der Waals surface area contributed by atoms with Crippen molar-refractivity contribution in [1.29, 1.82) is 0 Å². The fourth-order valence-electron chi connectivity index (χ4n) is 1.39. The van der Waals surface area contributed by atoms with Crippen LogP contribution in [0.3, 0.4) is 0 Å². The molecular formula is C13H20O2W2. The molecule has 0 unspecified atom stereocenters. The minimum Gasteiger partial charge on any atom is -0.512 e. The number of hydrogen-bond donors (Lipinski definition) is 1. The van der Waals surface area contributed by atoms with Crippen LogP contribution < -0.4 is 0 Å². The minimum atomic E-state index is 0. The van der Waals surface area contributed by atoms with E-state index in [1.165, 1.54) is 0 Å². The number of rotatable bonds is 2. The van der Waals surface area contributed by atoms with Gasteiger partial charge in [-0.1, -0.05) is 33.1 Å². The van der Waals surface area contributed by atoms with Gasteiger partial charge in [-0.3, -0.25) is 4.79 Å². The summed E-state index contributed by atoms with van der Waals surface area (Å²) in [7, 11) is 0. The zero-order valence-corrected chi connectivity index (χ0v) is 14.1. The number of aliphatic hydroxyl groups excluding tert-OH is 1. The van der Waals surface area contributed by atoms with Gasteiger partial charge in [-0.15, -0.1) is 0 Å². The van der Waals surface area contributed by atoms with Crippen LogP contribution in [0.5, 0.6) is 0 Å². The second kappa shape index (κ2) is 10.0. The summed E-state index contributed by atoms with van der Waals surface area (Å²) in [4.78, 5) is 10.9. The van der Waals surface area contributed by atoms with Gasteiger partial charge in [0.2, 0.25) is 0 Å². The first-order chi connectivity index (χ1) is 6.27. The molecule has 0 radical (unpaired) electrons. The molecule has 0 aromatic heterocycles. The van der Waals surface area contributed by atoms with Gasteiger partial charge in [0.25, 0.3) is 0 Å². The molecule has 2 aliphatic carbocycles. The average Bonchev–Trinajstić information content (AvgIpc) is 2.12. The number of hydrogen-bond acceptors (Lipinski definition) is 2. The SMILES string of the molecule is C.C.O=C1CCC1=CC=CC1=C(O)CC1.[W].[W]. The first-order valence-electron chi connectivity index (χ1n) is 4.59. The Balaban J connectivity index is -0.000000490. The van der Waals surface area contributed by atoms with Crippen LogP contribution in [0.15, 0.2) is 35.1 Å². The third kappa shape index (κ3) is 5.49. The fourth-order valence-corrected chi connectivity index (χ4v) is 1.39. The van der Waals surface area contributed by atoms with E-state index < -0.39 is 0 Å². The van der Waals surface area contributed by atoms with Crippen LogP contribution in [0.4, 0.5) is 0 Å². The molecule has 2 rings (SSSR count). The molecule has 0 atom stereocenters. The molecule has 0 spiro atoms. The van der Waals surface area contributed by atoms with Crippen molar-refractivity contribution in [3.05, 3.63) is 35.1 Å². The first kappa shape index (κ1) is 22.3. The Labute approximate surface area is 133 Å². The molecule has 96 valence electrons. The van der Waals surface area contributed by atoms with Gasteiger partial charge < -0.3 is 5.11 Å². The molecule has 0 saturated heterocycles. The zero-order valence-electron chi connectivity index (χ0n) is 8.23. The Bertz CT molecular complexity index is 341. The topological polar surface area (TPSA) is 37.3 Å². The van der Waals surface area contributed by atoms with Crippen molar-refractivity contribution < 1.29 is 52.0 Å². The van der Waals surface area contributed by atoms with Crippen molar-refractivity contribution >= 4 is 5.78 Å². The first-order valence-corrected chi connectivity index (χ1v) is 4.59. The van der Waals surface area contributed by atoms with Crippen molar-refractivity contribution in [3.8, 4) is 0 Å². The third-order valence-corrected chi connectivity index (χ3v) is 2.58. The third-order valence-electron chi connectivity index (χ3n) is 2.58. The van der Waals surface area contributed by atoms with E-state index in [9.17, 15) is 4.79 Å². The van der Waals surface area contributed by atoms with E-state index in [4.69, 9.17) is 5.11 Å². The molecule has 0 amide bonds. The van der Waals surface area contributed by atoms with Crippen molar-refractivity contribution in [2.45, 2.75) is 40.5 Å². The standard InChI is InChI=1S/C11H12O2.2CH4.2W/c12-10-6-4-8(10)2-1-3-9-5-7-11(9)13;;;;/h1-3,12H,4-7H2;2*1H4;;. The van der Waals surface area contributed by atoms with Crippen LogP contribution in [0.25, 0.3) is 0 Å². The molecule has 1 saturated carbocycles. The number of carbonyl (C=O) groups excluding carboxylic acids is 1. The van der Waals surface area contributed by atoms with Crippen LogP contribution >= 0.6 is 0 Å². The molecule has 17 heavy (non-hydrogen) atoms. The van der Waals surface area contributed by atoms with Crippen LogP contribution in [0, 0.1) is 0 Å². The van der Waals surface area contributed by atoms with Gasteiger partial charge in [0.1, 0.15) is 0 Å². The maximum atomic E-state index is 10.9. The largest absolute Gasteiger partial charge is 0.512 e. The second-order valence-electron chi connectivity index (χ2n) is 3.45. The predicted octanol–water partition coefficient (Wildman–Crippen LogP) is 3.71. The van der Waals surface area contributed by atoms with Gasteiger partial charge in [0, 0.05) is 55.0 Å². The van der Waals surface area contributed by atoms with E-state index in [-0.39, 0.29) is 62.8 Å². The number of ketones is 1. The van der Waals surface area contributed by atoms with Crippen molar-refractivity contribution in [1.82, 2.24) is 0 Å². The van der Waals surface area contributed by atoms with Crippen LogP contribution in [0.1, 0.15) is 40.5 Å². The van der Waals surface area contributed by atoms with Gasteiger partial charge >= 0.3 is 0 Å². The van der Waals surface area contributed by atoms with E-state index >= 15 is 0 Å². The van der Waals surface area contributed by atoms with Crippen LogP contribution in [-0.2, 0) is 46.9 Å². The Morgan fingerprint density at radius 3 is 1.94 bits per heavy atom. The Morgan fingerprint density at radius 2 is 1.65 bits per heavy atom. The maximum absolute atomic E-state index is 10.9. The van der Waals surface area contributed by atoms with Crippen molar-refractivity contribution in [3.63, 3.8) is 0 Å². The van der Waals surface area contributed by atoms with Gasteiger partial charge in [0.15, 0.2) is 5.78 Å². The Hall–Kier alpha value is 0.0666. The van der Waals surface area contributed by atoms with E-state index in [1.807, 2.05) is 18.2 Å². The molecule has 0 aromatic rings. The van der Waals surface area contributed by atoms with Gasteiger partial charge in [-0.05, 0) is 24.0 Å². The molecule has 0 aliphatic heterocycles. The van der Waals surface area contributed by atoms with Crippen LogP contribution in [0.2, 0.25) is 0 Å². The number of carbonyl (C=O) groups is 1. The van der Waals surface area contributed by atoms with E-state index in [0.29, 0.717) is 12.2 Å². The summed E-state index contributed by atoms with van der Waals surface area (Å²) in [5.41, 5.74) is 1.92. The second-order valence-corrected chi connectivity index (χ2v) is 3.45. The van der Waals surface area contributed by atoms with E-state index in [2.05, 4.69) is 0 Å². The molecule has 1 fully saturated rings. The molecule has 0 bridgehead atoms. The van der Waals surface area contributed by atoms with Gasteiger partial charge in [0.05, 0.1) is 5.76 Å². The number of aliphatic hydroxyl groups is 1. The average molecular weight is 576 g/mol. The summed E-state index contributed by atoms with van der Waals surface area (Å²) in [6, 6.07) is 0. The number of allylic oxidation sites excluding steroid dienone is 6. The molecule has 2 aliphatic rings. The molecule has 1 N–H and O–H groups in total. The maximum Gasteiger partial charge on any atom is 0.159 e. The monoisotopic (exact) mass is 576 g/mol. The summed E-state index contributed by atoms with van der Waals surface area (Å²) in [6.45, 7) is 0. The van der Waals surface area contributed by atoms with E-state index in [1.54, 1.807) is 0 Å². The van der Waals surface area contributed by atoms with Crippen molar-refractivity contribution in [2.24, 2.45) is 0 Å². The Morgan fingerprint density at radius 1 is 1.00 bits per heavy atom. The molecule has 4 heteroatoms. The summed E-state index contributed by atoms with van der Waals surface area (Å²) in [5, 5.41) is 9.14. The quantitative estimate of drug-likeness (QED) is 0.510. The minimum absolute atomic E-state index is 0. The Kier molecular flexibility index (Phi) is 13.1. The summed E-state index contributed by atoms with van der Waals surface area (Å²) >= 11 is 0. The summed E-state index contributed by atoms with van der Waals surface area (Å²) < 4.78 is 0. The molecule has 2 nitrogen and oxygen atoms in total. The van der Waals surface area contributed by atoms with Gasteiger partial charge in [-0.25, -0.2) is 0 Å². The van der Waals surface area contributed by atoms with Gasteiger partial charge in [-0.2, -0.15) is 0 Å². The summed E-state index contributed by atoms with van der Waals surface area (Å²) in [6.07, 6.45) is 8.97. The number of Topliss-reactive ketones (excluding diaryl/α,β-unsaturated/α-hetero) is 1. The molecule has 0 aromatic carbocycles. The fraction of sp³-hybridized carbons (Fsp3) is 0.462. The smallest absolute Gasteiger partial charge is 0.159 e. The van der Waals surface area contributed by atoms with Crippen molar-refractivity contribution in [2.75, 3.05) is 0 Å². The molecular weight excluding hydrogens is 556 g/mol. The van der Waals surface area contributed by atoms with E-state index in [0.717, 1.165) is 30.4 Å². The predicted molar refractivity (Wildman–Crippen MR) is 63.8 cm³/mol. The van der Waals surface area contributed by atoms with Crippen LogP contribution in [-0.4, -0.2) is 10.9 Å². The zero-order chi connectivity index (χ0) is 9.26. The molecule has 0 heterocycles. The summed E-state index contributed by atoms with van der Waals surface area (Å²) in [5.74, 6) is 0.756. The normalized spacial score (nSPS) is 19.3.